The van der Waals surface area contributed by atoms with E-state index in [1.165, 1.54) is 4.68 Å². The summed E-state index contributed by atoms with van der Waals surface area (Å²) in [6.45, 7) is 7.68. The van der Waals surface area contributed by atoms with Crippen molar-refractivity contribution in [2.24, 2.45) is 0 Å². The highest BCUT2D eigenvalue weighted by atomic mass is 16.6. The molecular weight excluding hydrogens is 498 g/mol. The van der Waals surface area contributed by atoms with E-state index in [0.29, 0.717) is 29.6 Å². The first-order chi connectivity index (χ1) is 18.6. The number of fused-ring (bicyclic) bond motifs is 1. The fourth-order valence-corrected chi connectivity index (χ4v) is 6.52. The summed E-state index contributed by atoms with van der Waals surface area (Å²) in [6, 6.07) is 4.81. The van der Waals surface area contributed by atoms with E-state index in [1.807, 2.05) is 4.90 Å². The average molecular weight is 540 g/mol. The zero-order valence-corrected chi connectivity index (χ0v) is 23.6. The Morgan fingerprint density at radius 2 is 1.74 bits per heavy atom. The van der Waals surface area contributed by atoms with Crippen LogP contribution in [0.4, 0.5) is 10.5 Å². The molecule has 2 aromatic rings. The molecule has 1 aromatic heterocycles. The molecule has 1 aliphatic carbocycles. The summed E-state index contributed by atoms with van der Waals surface area (Å²) in [5.74, 6) is -0.103. The first-order valence-electron chi connectivity index (χ1n) is 14.2. The highest BCUT2D eigenvalue weighted by Crippen LogP contribution is 2.40. The molecule has 3 heterocycles. The van der Waals surface area contributed by atoms with E-state index in [4.69, 9.17) is 9.47 Å². The fourth-order valence-electron chi connectivity index (χ4n) is 6.52. The highest BCUT2D eigenvalue weighted by molar-refractivity contribution is 6.05. The zero-order chi connectivity index (χ0) is 27.8. The predicted molar refractivity (Wildman–Crippen MR) is 148 cm³/mol. The van der Waals surface area contributed by atoms with E-state index in [1.54, 1.807) is 52.3 Å². The molecular formula is C29H41N5O5. The average Bonchev–Trinajstić information content (AvgIpc) is 3.67. The Labute approximate surface area is 230 Å². The molecule has 1 saturated carbocycles. The lowest BCUT2D eigenvalue weighted by atomic mass is 9.89. The van der Waals surface area contributed by atoms with E-state index < -0.39 is 23.3 Å². The number of piperidine rings is 1. The van der Waals surface area contributed by atoms with Gasteiger partial charge in [-0.15, -0.1) is 0 Å². The van der Waals surface area contributed by atoms with Crippen molar-refractivity contribution in [3.63, 3.8) is 0 Å². The summed E-state index contributed by atoms with van der Waals surface area (Å²) in [7, 11) is 1.76. The van der Waals surface area contributed by atoms with Gasteiger partial charge in [0.15, 0.2) is 0 Å². The van der Waals surface area contributed by atoms with Crippen LogP contribution in [0.1, 0.15) is 72.1 Å². The maximum Gasteiger partial charge on any atom is 0.435 e. The van der Waals surface area contributed by atoms with Crippen LogP contribution in [0.25, 0.3) is 10.9 Å². The first-order valence-corrected chi connectivity index (χ1v) is 14.2. The molecule has 10 heteroatoms. The van der Waals surface area contributed by atoms with Gasteiger partial charge in [0.05, 0.1) is 23.5 Å². The smallest absolute Gasteiger partial charge is 0.435 e. The summed E-state index contributed by atoms with van der Waals surface area (Å²) >= 11 is 0. The molecule has 2 amide bonds. The number of nitrogens with one attached hydrogen (secondary N) is 1. The van der Waals surface area contributed by atoms with Crippen molar-refractivity contribution in [1.29, 1.82) is 0 Å². The Balaban J connectivity index is 1.33. The molecule has 0 bridgehead atoms. The number of hydrogen-bond acceptors (Lipinski definition) is 7. The van der Waals surface area contributed by atoms with E-state index in [2.05, 4.69) is 15.3 Å². The van der Waals surface area contributed by atoms with E-state index in [0.717, 1.165) is 58.0 Å². The van der Waals surface area contributed by atoms with Crippen molar-refractivity contribution >= 4 is 34.5 Å². The van der Waals surface area contributed by atoms with E-state index >= 15 is 0 Å². The van der Waals surface area contributed by atoms with Gasteiger partial charge >= 0.3 is 6.09 Å². The van der Waals surface area contributed by atoms with Gasteiger partial charge in [-0.1, -0.05) is 18.9 Å². The lowest BCUT2D eigenvalue weighted by molar-refractivity contribution is -0.149. The van der Waals surface area contributed by atoms with Crippen LogP contribution in [-0.2, 0) is 19.1 Å². The second-order valence-electron chi connectivity index (χ2n) is 12.1. The fraction of sp³-hybridized carbons (Fsp3) is 0.655. The van der Waals surface area contributed by atoms with E-state index in [-0.39, 0.29) is 17.9 Å². The molecule has 0 spiro atoms. The minimum Gasteiger partial charge on any atom is -0.442 e. The molecule has 212 valence electrons. The monoisotopic (exact) mass is 539 g/mol. The Morgan fingerprint density at radius 1 is 1.03 bits per heavy atom. The van der Waals surface area contributed by atoms with Gasteiger partial charge in [0.25, 0.3) is 0 Å². The van der Waals surface area contributed by atoms with Crippen molar-refractivity contribution in [3.8, 4) is 0 Å². The molecule has 1 N–H and O–H groups in total. The molecule has 10 nitrogen and oxygen atoms in total. The van der Waals surface area contributed by atoms with Crippen molar-refractivity contribution < 1.29 is 23.9 Å². The van der Waals surface area contributed by atoms with Crippen LogP contribution in [0.2, 0.25) is 0 Å². The molecule has 3 fully saturated rings. The van der Waals surface area contributed by atoms with Crippen LogP contribution in [0, 0.1) is 0 Å². The van der Waals surface area contributed by atoms with Crippen LogP contribution < -0.4 is 5.32 Å². The van der Waals surface area contributed by atoms with Gasteiger partial charge in [-0.3, -0.25) is 14.5 Å². The summed E-state index contributed by atoms with van der Waals surface area (Å²) in [5, 5.41) is 7.90. The number of benzene rings is 1. The maximum atomic E-state index is 14.2. The third-order valence-electron chi connectivity index (χ3n) is 8.46. The third kappa shape index (κ3) is 5.41. The number of amides is 2. The molecule has 3 aliphatic rings. The molecule has 2 aliphatic heterocycles. The summed E-state index contributed by atoms with van der Waals surface area (Å²) in [4.78, 5) is 44.7. The standard InChI is InChI=1S/C29H41N5O5/c1-28(2,3)39-27(37)34-23-10-7-9-22(21(23)19-30-34)31-25(35)24-11-8-16-33(24)26(36)29(14-5-6-15-29)32-17-12-20(38-4)13-18-32/h7,9-10,19-20,24H,5-6,8,11-18H2,1-4H3,(H,31,35)/t24-/m1/s1. The molecule has 39 heavy (non-hydrogen) atoms. The summed E-state index contributed by atoms with van der Waals surface area (Å²) in [6.07, 6.45) is 8.27. The van der Waals surface area contributed by atoms with Crippen LogP contribution in [-0.4, -0.2) is 87.5 Å². The number of hydrogen-bond donors (Lipinski definition) is 1. The number of ether oxygens (including phenoxy) is 2. The molecule has 0 radical (unpaired) electrons. The quantitative estimate of drug-likeness (QED) is 0.608. The minimum absolute atomic E-state index is 0.101. The number of carbonyl (C=O) groups excluding carboxylic acids is 3. The number of rotatable bonds is 5. The Hall–Kier alpha value is -2.98. The van der Waals surface area contributed by atoms with Crippen molar-refractivity contribution in [1.82, 2.24) is 19.6 Å². The number of methoxy groups -OCH3 is 1. The van der Waals surface area contributed by atoms with Crippen LogP contribution in [0.15, 0.2) is 24.4 Å². The van der Waals surface area contributed by atoms with Crippen molar-refractivity contribution in [2.75, 3.05) is 32.1 Å². The second-order valence-corrected chi connectivity index (χ2v) is 12.1. The van der Waals surface area contributed by atoms with Crippen molar-refractivity contribution in [2.45, 2.75) is 95.4 Å². The van der Waals surface area contributed by atoms with Crippen LogP contribution in [0.3, 0.4) is 0 Å². The van der Waals surface area contributed by atoms with Gasteiger partial charge in [0.1, 0.15) is 17.2 Å². The molecule has 2 saturated heterocycles. The predicted octanol–water partition coefficient (Wildman–Crippen LogP) is 4.17. The normalized spacial score (nSPS) is 22.4. The van der Waals surface area contributed by atoms with Gasteiger partial charge in [-0.05, 0) is 71.4 Å². The van der Waals surface area contributed by atoms with Crippen LogP contribution in [0.5, 0.6) is 0 Å². The Morgan fingerprint density at radius 3 is 2.41 bits per heavy atom. The molecule has 5 rings (SSSR count). The SMILES string of the molecule is COC1CCN(C2(C(=O)N3CCC[C@@H]3C(=O)Nc3cccc4c3cnn4C(=O)OC(C)(C)C)CCCC2)CC1. The van der Waals surface area contributed by atoms with E-state index in [9.17, 15) is 14.4 Å². The summed E-state index contributed by atoms with van der Waals surface area (Å²) < 4.78 is 12.2. The third-order valence-corrected chi connectivity index (χ3v) is 8.46. The van der Waals surface area contributed by atoms with Crippen LogP contribution >= 0.6 is 0 Å². The van der Waals surface area contributed by atoms with Gasteiger partial charge in [0, 0.05) is 32.1 Å². The largest absolute Gasteiger partial charge is 0.442 e. The maximum absolute atomic E-state index is 14.2. The number of nitrogens with zero attached hydrogens (tertiary/aromatic N) is 4. The minimum atomic E-state index is -0.657. The highest BCUT2D eigenvalue weighted by Gasteiger charge is 2.51. The van der Waals surface area contributed by atoms with Gasteiger partial charge < -0.3 is 19.7 Å². The zero-order valence-electron chi connectivity index (χ0n) is 23.6. The summed E-state index contributed by atoms with van der Waals surface area (Å²) in [5.41, 5.74) is -0.0683. The number of carbonyl (C=O) groups is 3. The Kier molecular flexibility index (Phi) is 7.70. The molecule has 0 unspecified atom stereocenters. The molecule has 1 atom stereocenters. The van der Waals surface area contributed by atoms with Crippen molar-refractivity contribution in [3.05, 3.63) is 24.4 Å². The Bertz CT molecular complexity index is 1220. The topological polar surface area (TPSA) is 106 Å². The number of anilines is 1. The first kappa shape index (κ1) is 27.6. The lowest BCUT2D eigenvalue weighted by Crippen LogP contribution is -2.62. The lowest BCUT2D eigenvalue weighted by Gasteiger charge is -2.46. The second kappa shape index (κ2) is 10.9. The number of aromatic nitrogens is 2. The molecule has 1 aromatic carbocycles. The van der Waals surface area contributed by atoms with Gasteiger partial charge in [0.2, 0.25) is 11.8 Å². The van der Waals surface area contributed by atoms with Gasteiger partial charge in [-0.2, -0.15) is 9.78 Å². The number of likely N-dealkylation sites (tertiary alicyclic amines) is 2. The van der Waals surface area contributed by atoms with Gasteiger partial charge in [-0.25, -0.2) is 4.79 Å².